The summed E-state index contributed by atoms with van der Waals surface area (Å²) in [4.78, 5) is 17.0. The van der Waals surface area contributed by atoms with Crippen LogP contribution in [0.1, 0.15) is 38.1 Å². The molecule has 0 aromatic heterocycles. The van der Waals surface area contributed by atoms with Crippen molar-refractivity contribution in [1.82, 2.24) is 9.80 Å². The summed E-state index contributed by atoms with van der Waals surface area (Å²) in [6.45, 7) is 12.1. The van der Waals surface area contributed by atoms with E-state index in [4.69, 9.17) is 5.14 Å². The van der Waals surface area contributed by atoms with Gasteiger partial charge in [-0.2, -0.15) is 0 Å². The van der Waals surface area contributed by atoms with Gasteiger partial charge in [0.2, 0.25) is 10.0 Å². The highest BCUT2D eigenvalue weighted by Crippen LogP contribution is 2.22. The molecular weight excluding hydrogens is 406 g/mol. The second-order valence-electron chi connectivity index (χ2n) is 6.36. The molecule has 0 fully saturated rings. The van der Waals surface area contributed by atoms with E-state index in [2.05, 4.69) is 34.7 Å². The summed E-state index contributed by atoms with van der Waals surface area (Å²) in [5.41, 5.74) is 0.312. The van der Waals surface area contributed by atoms with E-state index in [-0.39, 0.29) is 10.8 Å². The lowest BCUT2D eigenvalue weighted by Crippen LogP contribution is -2.40. The first-order valence-electron chi connectivity index (χ1n) is 8.44. The summed E-state index contributed by atoms with van der Waals surface area (Å²) < 4.78 is 23.7. The van der Waals surface area contributed by atoms with Crippen molar-refractivity contribution in [2.45, 2.75) is 32.6 Å². The first-order valence-corrected chi connectivity index (χ1v) is 10.8. The van der Waals surface area contributed by atoms with E-state index in [1.165, 1.54) is 12.1 Å². The Labute approximate surface area is 159 Å². The zero-order valence-corrected chi connectivity index (χ0v) is 17.7. The number of carbonyl (C=O) groups excluding carboxylic acids is 1. The van der Waals surface area contributed by atoms with Crippen LogP contribution >= 0.6 is 15.9 Å². The number of likely N-dealkylation sites (N-methyl/N-ethyl adjacent to an activating group) is 1. The Kier molecular flexibility index (Phi) is 8.53. The van der Waals surface area contributed by atoms with Gasteiger partial charge in [0.15, 0.2) is 0 Å². The van der Waals surface area contributed by atoms with Crippen LogP contribution in [0.2, 0.25) is 0 Å². The van der Waals surface area contributed by atoms with Gasteiger partial charge < -0.3 is 9.80 Å². The maximum absolute atomic E-state index is 13.0. The van der Waals surface area contributed by atoms with Gasteiger partial charge in [0.05, 0.1) is 10.5 Å². The minimum absolute atomic E-state index is 0.0627. The highest BCUT2D eigenvalue weighted by Gasteiger charge is 2.22. The van der Waals surface area contributed by atoms with Gasteiger partial charge in [-0.25, -0.2) is 13.6 Å². The number of rotatable bonds is 9. The summed E-state index contributed by atoms with van der Waals surface area (Å²) in [6.07, 6.45) is 0. The molecule has 0 saturated carbocycles. The number of nitrogens with zero attached hydrogens (tertiary/aromatic N) is 2. The minimum atomic E-state index is -3.86. The van der Waals surface area contributed by atoms with E-state index in [1.807, 2.05) is 13.8 Å². The Bertz CT molecular complexity index is 688. The fraction of sp³-hybridized carbons (Fsp3) is 0.588. The van der Waals surface area contributed by atoms with Crippen molar-refractivity contribution < 1.29 is 13.2 Å². The van der Waals surface area contributed by atoms with Crippen LogP contribution in [0.4, 0.5) is 0 Å². The van der Waals surface area contributed by atoms with Gasteiger partial charge >= 0.3 is 0 Å². The van der Waals surface area contributed by atoms with Crippen molar-refractivity contribution in [3.63, 3.8) is 0 Å². The highest BCUT2D eigenvalue weighted by atomic mass is 79.9. The van der Waals surface area contributed by atoms with Gasteiger partial charge in [-0.15, -0.1) is 0 Å². The fourth-order valence-corrected chi connectivity index (χ4v) is 3.49. The SMILES string of the molecule is CCN(CC)CCN(CC(C)C)C(=O)c1cc(S(N)(=O)=O)ccc1Br. The minimum Gasteiger partial charge on any atom is -0.337 e. The summed E-state index contributed by atoms with van der Waals surface area (Å²) in [5, 5.41) is 5.19. The van der Waals surface area contributed by atoms with E-state index >= 15 is 0 Å². The zero-order valence-electron chi connectivity index (χ0n) is 15.3. The van der Waals surface area contributed by atoms with Crippen LogP contribution in [-0.2, 0) is 10.0 Å². The van der Waals surface area contributed by atoms with Crippen LogP contribution < -0.4 is 5.14 Å². The maximum Gasteiger partial charge on any atom is 0.255 e. The van der Waals surface area contributed by atoms with Gasteiger partial charge in [-0.1, -0.05) is 27.7 Å². The van der Waals surface area contributed by atoms with Gasteiger partial charge in [0.25, 0.3) is 5.91 Å². The number of amides is 1. The molecule has 6 nitrogen and oxygen atoms in total. The molecule has 0 aliphatic carbocycles. The maximum atomic E-state index is 13.0. The molecule has 0 atom stereocenters. The topological polar surface area (TPSA) is 83.7 Å². The average Bonchev–Trinajstić information content (AvgIpc) is 2.53. The molecule has 0 saturated heterocycles. The quantitative estimate of drug-likeness (QED) is 0.648. The molecular formula is C17H28BrN3O3S. The molecule has 0 unspecified atom stereocenters. The van der Waals surface area contributed by atoms with Crippen molar-refractivity contribution >= 4 is 31.9 Å². The summed E-state index contributed by atoms with van der Waals surface area (Å²) in [7, 11) is -3.86. The number of hydrogen-bond donors (Lipinski definition) is 1. The standard InChI is InChI=1S/C17H28BrN3O3S/c1-5-20(6-2)9-10-21(12-13(3)4)17(22)15-11-14(25(19,23)24)7-8-16(15)18/h7-8,11,13H,5-6,9-10,12H2,1-4H3,(H2,19,23,24). The Morgan fingerprint density at radius 2 is 1.80 bits per heavy atom. The number of halogens is 1. The molecule has 0 radical (unpaired) electrons. The summed E-state index contributed by atoms with van der Waals surface area (Å²) in [5.74, 6) is 0.110. The molecule has 1 rings (SSSR count). The second-order valence-corrected chi connectivity index (χ2v) is 8.77. The Morgan fingerprint density at radius 1 is 1.20 bits per heavy atom. The molecule has 8 heteroatoms. The summed E-state index contributed by atoms with van der Waals surface area (Å²) in [6, 6.07) is 4.27. The zero-order chi connectivity index (χ0) is 19.2. The van der Waals surface area contributed by atoms with Crippen molar-refractivity contribution in [3.05, 3.63) is 28.2 Å². The molecule has 0 aliphatic heterocycles. The Morgan fingerprint density at radius 3 is 2.28 bits per heavy atom. The van der Waals surface area contributed by atoms with E-state index in [0.29, 0.717) is 29.0 Å². The van der Waals surface area contributed by atoms with Crippen LogP contribution in [-0.4, -0.2) is 56.8 Å². The van der Waals surface area contributed by atoms with Crippen LogP contribution in [0.15, 0.2) is 27.6 Å². The van der Waals surface area contributed by atoms with E-state index in [9.17, 15) is 13.2 Å². The Hall–Kier alpha value is -0.960. The van der Waals surface area contributed by atoms with Crippen molar-refractivity contribution in [2.75, 3.05) is 32.7 Å². The molecule has 142 valence electrons. The van der Waals surface area contributed by atoms with Crippen LogP contribution in [0.3, 0.4) is 0 Å². The fourth-order valence-electron chi connectivity index (χ4n) is 2.53. The third-order valence-electron chi connectivity index (χ3n) is 3.95. The van der Waals surface area contributed by atoms with Crippen LogP contribution in [0, 0.1) is 5.92 Å². The molecule has 0 spiro atoms. The number of primary sulfonamides is 1. The molecule has 1 amide bonds. The number of sulfonamides is 1. The third-order valence-corrected chi connectivity index (χ3v) is 5.55. The van der Waals surface area contributed by atoms with Gasteiger partial charge in [-0.3, -0.25) is 4.79 Å². The van der Waals surface area contributed by atoms with Crippen LogP contribution in [0.25, 0.3) is 0 Å². The lowest BCUT2D eigenvalue weighted by atomic mass is 10.1. The van der Waals surface area contributed by atoms with E-state index in [1.54, 1.807) is 11.0 Å². The smallest absolute Gasteiger partial charge is 0.255 e. The molecule has 0 heterocycles. The normalized spacial score (nSPS) is 12.0. The van der Waals surface area contributed by atoms with Crippen molar-refractivity contribution in [2.24, 2.45) is 11.1 Å². The molecule has 0 bridgehead atoms. The first kappa shape index (κ1) is 22.1. The first-order chi connectivity index (χ1) is 11.6. The van der Waals surface area contributed by atoms with Gasteiger partial charge in [-0.05, 0) is 53.1 Å². The van der Waals surface area contributed by atoms with Crippen LogP contribution in [0.5, 0.6) is 0 Å². The third kappa shape index (κ3) is 6.69. The lowest BCUT2D eigenvalue weighted by Gasteiger charge is -2.28. The van der Waals surface area contributed by atoms with E-state index in [0.717, 1.165) is 19.6 Å². The molecule has 25 heavy (non-hydrogen) atoms. The number of nitrogens with two attached hydrogens (primary N) is 1. The molecule has 2 N–H and O–H groups in total. The number of carbonyl (C=O) groups is 1. The number of benzene rings is 1. The number of hydrogen-bond acceptors (Lipinski definition) is 4. The van der Waals surface area contributed by atoms with Gasteiger partial charge in [0.1, 0.15) is 0 Å². The van der Waals surface area contributed by atoms with Crippen molar-refractivity contribution in [1.29, 1.82) is 0 Å². The molecule has 1 aromatic carbocycles. The monoisotopic (exact) mass is 433 g/mol. The van der Waals surface area contributed by atoms with Gasteiger partial charge in [0, 0.05) is 24.1 Å². The second kappa shape index (κ2) is 9.66. The predicted octanol–water partition coefficient (Wildman–Crippen LogP) is 2.54. The molecule has 1 aromatic rings. The van der Waals surface area contributed by atoms with E-state index < -0.39 is 10.0 Å². The Balaban J connectivity index is 3.12. The summed E-state index contributed by atoms with van der Waals surface area (Å²) >= 11 is 3.35. The largest absolute Gasteiger partial charge is 0.337 e. The lowest BCUT2D eigenvalue weighted by molar-refractivity contribution is 0.0715. The molecule has 0 aliphatic rings. The van der Waals surface area contributed by atoms with Crippen molar-refractivity contribution in [3.8, 4) is 0 Å². The highest BCUT2D eigenvalue weighted by molar-refractivity contribution is 9.10. The average molecular weight is 434 g/mol. The predicted molar refractivity (Wildman–Crippen MR) is 104 cm³/mol.